The van der Waals surface area contributed by atoms with Crippen LogP contribution in [0.15, 0.2) is 18.2 Å². The molecule has 2 heterocycles. The quantitative estimate of drug-likeness (QED) is 0.892. The lowest BCUT2D eigenvalue weighted by Crippen LogP contribution is -2.49. The van der Waals surface area contributed by atoms with E-state index in [4.69, 9.17) is 0 Å². The molecule has 2 aliphatic heterocycles. The van der Waals surface area contributed by atoms with Crippen molar-refractivity contribution in [3.8, 4) is 0 Å². The highest BCUT2D eigenvalue weighted by Crippen LogP contribution is 2.23. The molecule has 1 unspecified atom stereocenters. The number of nitrogens with zero attached hydrogens (tertiary/aromatic N) is 2. The second-order valence-corrected chi connectivity index (χ2v) is 7.56. The molecule has 4 nitrogen and oxygen atoms in total. The summed E-state index contributed by atoms with van der Waals surface area (Å²) in [5, 5.41) is 3.41. The Labute approximate surface area is 157 Å². The van der Waals surface area contributed by atoms with E-state index in [0.29, 0.717) is 18.4 Å². The number of likely N-dealkylation sites (tertiary alicyclic amines) is 1. The summed E-state index contributed by atoms with van der Waals surface area (Å²) in [6.07, 6.45) is 6.71. The van der Waals surface area contributed by atoms with E-state index in [0.717, 1.165) is 45.7 Å². The van der Waals surface area contributed by atoms with E-state index < -0.39 is 0 Å². The highest BCUT2D eigenvalue weighted by molar-refractivity contribution is 5.85. The van der Waals surface area contributed by atoms with E-state index in [1.54, 1.807) is 0 Å². The van der Waals surface area contributed by atoms with Gasteiger partial charge in [-0.3, -0.25) is 9.69 Å². The van der Waals surface area contributed by atoms with Crippen LogP contribution in [0.3, 0.4) is 0 Å². The minimum Gasteiger partial charge on any atom is -0.341 e. The van der Waals surface area contributed by atoms with Gasteiger partial charge in [0, 0.05) is 45.3 Å². The molecule has 1 aliphatic carbocycles. The molecular formula is C20H30ClN3O. The van der Waals surface area contributed by atoms with Crippen LogP contribution in [-0.4, -0.2) is 61.0 Å². The van der Waals surface area contributed by atoms with Gasteiger partial charge in [0.2, 0.25) is 5.91 Å². The predicted molar refractivity (Wildman–Crippen MR) is 103 cm³/mol. The largest absolute Gasteiger partial charge is 0.341 e. The molecule has 3 aliphatic rings. The lowest BCUT2D eigenvalue weighted by Gasteiger charge is -2.32. The third-order valence-electron chi connectivity index (χ3n) is 5.95. The van der Waals surface area contributed by atoms with Gasteiger partial charge in [0.25, 0.3) is 0 Å². The van der Waals surface area contributed by atoms with Gasteiger partial charge in [-0.2, -0.15) is 0 Å². The first-order valence-corrected chi connectivity index (χ1v) is 9.63. The molecule has 1 N–H and O–H groups in total. The van der Waals surface area contributed by atoms with Gasteiger partial charge in [0.05, 0.1) is 6.42 Å². The summed E-state index contributed by atoms with van der Waals surface area (Å²) in [6.45, 7) is 6.26. The summed E-state index contributed by atoms with van der Waals surface area (Å²) in [6, 6.07) is 7.28. The Hall–Kier alpha value is -1.10. The molecule has 0 bridgehead atoms. The molecule has 1 aromatic rings. The Bertz CT molecular complexity index is 601. The molecule has 25 heavy (non-hydrogen) atoms. The zero-order valence-electron chi connectivity index (χ0n) is 15.0. The lowest BCUT2D eigenvalue weighted by atomic mass is 9.90. The van der Waals surface area contributed by atoms with Crippen LogP contribution in [0.2, 0.25) is 0 Å². The van der Waals surface area contributed by atoms with E-state index in [9.17, 15) is 4.79 Å². The Morgan fingerprint density at radius 1 is 1.08 bits per heavy atom. The summed E-state index contributed by atoms with van der Waals surface area (Å²) in [4.78, 5) is 17.4. The van der Waals surface area contributed by atoms with Gasteiger partial charge < -0.3 is 10.2 Å². The summed E-state index contributed by atoms with van der Waals surface area (Å²) in [7, 11) is 0. The number of fused-ring (bicyclic) bond motifs is 1. The maximum atomic E-state index is 12.7. The number of carbonyl (C=O) groups is 1. The Kier molecular flexibility index (Phi) is 6.37. The fraction of sp³-hybridized carbons (Fsp3) is 0.650. The van der Waals surface area contributed by atoms with E-state index >= 15 is 0 Å². The topological polar surface area (TPSA) is 35.6 Å². The van der Waals surface area contributed by atoms with Crippen LogP contribution in [0.4, 0.5) is 0 Å². The molecule has 1 atom stereocenters. The Morgan fingerprint density at radius 2 is 1.84 bits per heavy atom. The average Bonchev–Trinajstić information content (AvgIpc) is 3.13. The average molecular weight is 364 g/mol. The summed E-state index contributed by atoms with van der Waals surface area (Å²) < 4.78 is 0. The second-order valence-electron chi connectivity index (χ2n) is 7.56. The van der Waals surface area contributed by atoms with Crippen LogP contribution in [0.5, 0.6) is 0 Å². The first kappa shape index (κ1) is 18.7. The first-order valence-electron chi connectivity index (χ1n) is 9.63. The second kappa shape index (κ2) is 8.52. The Balaban J connectivity index is 0.00000182. The van der Waals surface area contributed by atoms with Gasteiger partial charge in [-0.25, -0.2) is 0 Å². The summed E-state index contributed by atoms with van der Waals surface area (Å²) in [5.41, 5.74) is 4.18. The van der Waals surface area contributed by atoms with Crippen molar-refractivity contribution in [3.05, 3.63) is 34.9 Å². The molecular weight excluding hydrogens is 334 g/mol. The SMILES string of the molecule is Cl.O=C(Cc1ccc2c(c1)CCCC2)N1CCC(N2CCNCC2)C1. The fourth-order valence-electron chi connectivity index (χ4n) is 4.50. The molecule has 0 aromatic heterocycles. The minimum absolute atomic E-state index is 0. The zero-order chi connectivity index (χ0) is 16.4. The van der Waals surface area contributed by atoms with Crippen LogP contribution in [0.25, 0.3) is 0 Å². The third kappa shape index (κ3) is 4.36. The minimum atomic E-state index is 0. The summed E-state index contributed by atoms with van der Waals surface area (Å²) >= 11 is 0. The standard InChI is InChI=1S/C20H29N3O.ClH/c24-20(14-16-5-6-17-3-1-2-4-18(17)13-16)23-10-7-19(15-23)22-11-8-21-9-12-22;/h5-6,13,19,21H,1-4,7-12,14-15H2;1H. The van der Waals surface area contributed by atoms with Crippen LogP contribution < -0.4 is 5.32 Å². The number of nitrogens with one attached hydrogen (secondary N) is 1. The van der Waals surface area contributed by atoms with E-state index in [2.05, 4.69) is 33.3 Å². The van der Waals surface area contributed by atoms with Crippen LogP contribution in [0.1, 0.15) is 36.0 Å². The van der Waals surface area contributed by atoms with Gasteiger partial charge in [-0.15, -0.1) is 12.4 Å². The molecule has 0 spiro atoms. The molecule has 5 heteroatoms. The number of piperazine rings is 1. The monoisotopic (exact) mass is 363 g/mol. The van der Waals surface area contributed by atoms with Gasteiger partial charge in [0.15, 0.2) is 0 Å². The number of benzene rings is 1. The van der Waals surface area contributed by atoms with E-state index in [1.807, 2.05) is 0 Å². The third-order valence-corrected chi connectivity index (χ3v) is 5.95. The van der Waals surface area contributed by atoms with Crippen molar-refractivity contribution in [1.29, 1.82) is 0 Å². The molecule has 4 rings (SSSR count). The van der Waals surface area contributed by atoms with E-state index in [-0.39, 0.29) is 12.4 Å². The van der Waals surface area contributed by atoms with Gasteiger partial charge >= 0.3 is 0 Å². The van der Waals surface area contributed by atoms with Gasteiger partial charge in [-0.1, -0.05) is 18.2 Å². The number of carbonyl (C=O) groups excluding carboxylic acids is 1. The number of aryl methyl sites for hydroxylation is 2. The van der Waals surface area contributed by atoms with Crippen LogP contribution in [0, 0.1) is 0 Å². The molecule has 2 saturated heterocycles. The van der Waals surface area contributed by atoms with Crippen molar-refractivity contribution in [2.24, 2.45) is 0 Å². The smallest absolute Gasteiger partial charge is 0.227 e. The number of amides is 1. The van der Waals surface area contributed by atoms with Crippen molar-refractivity contribution >= 4 is 18.3 Å². The van der Waals surface area contributed by atoms with Crippen molar-refractivity contribution in [2.75, 3.05) is 39.3 Å². The molecule has 138 valence electrons. The van der Waals surface area contributed by atoms with Gasteiger partial charge in [0.1, 0.15) is 0 Å². The number of hydrogen-bond acceptors (Lipinski definition) is 3. The van der Waals surface area contributed by atoms with Crippen molar-refractivity contribution in [1.82, 2.24) is 15.1 Å². The van der Waals surface area contributed by atoms with Crippen LogP contribution in [-0.2, 0) is 24.1 Å². The van der Waals surface area contributed by atoms with Crippen molar-refractivity contribution in [3.63, 3.8) is 0 Å². The molecule has 1 aromatic carbocycles. The molecule has 0 radical (unpaired) electrons. The number of hydrogen-bond donors (Lipinski definition) is 1. The van der Waals surface area contributed by atoms with E-state index in [1.165, 1.54) is 42.4 Å². The van der Waals surface area contributed by atoms with Crippen molar-refractivity contribution < 1.29 is 4.79 Å². The highest BCUT2D eigenvalue weighted by atomic mass is 35.5. The maximum Gasteiger partial charge on any atom is 0.227 e. The van der Waals surface area contributed by atoms with Gasteiger partial charge in [-0.05, 0) is 48.8 Å². The number of rotatable bonds is 3. The molecule has 2 fully saturated rings. The molecule has 1 amide bonds. The Morgan fingerprint density at radius 3 is 2.64 bits per heavy atom. The van der Waals surface area contributed by atoms with Crippen LogP contribution >= 0.6 is 12.4 Å². The molecule has 0 saturated carbocycles. The lowest BCUT2D eigenvalue weighted by molar-refractivity contribution is -0.129. The first-order chi connectivity index (χ1) is 11.8. The predicted octanol–water partition coefficient (Wildman–Crippen LogP) is 2.04. The van der Waals surface area contributed by atoms with Crippen molar-refractivity contribution in [2.45, 2.75) is 44.6 Å². The normalized spacial score (nSPS) is 23.8. The number of halogens is 1. The zero-order valence-corrected chi connectivity index (χ0v) is 15.8. The summed E-state index contributed by atoms with van der Waals surface area (Å²) in [5.74, 6) is 0.309. The fourth-order valence-corrected chi connectivity index (χ4v) is 4.50. The highest BCUT2D eigenvalue weighted by Gasteiger charge is 2.30. The maximum absolute atomic E-state index is 12.7.